The van der Waals surface area contributed by atoms with Crippen LogP contribution in [-0.4, -0.2) is 42.8 Å². The number of carbonyl (C=O) groups excluding carboxylic acids is 2. The van der Waals surface area contributed by atoms with Crippen LogP contribution in [0.25, 0.3) is 0 Å². The molecule has 0 aromatic heterocycles. The number of hydrogen-bond acceptors (Lipinski definition) is 3. The van der Waals surface area contributed by atoms with Gasteiger partial charge in [0.15, 0.2) is 0 Å². The van der Waals surface area contributed by atoms with Gasteiger partial charge in [0.2, 0.25) is 0 Å². The molecule has 3 saturated heterocycles. The highest BCUT2D eigenvalue weighted by molar-refractivity contribution is 5.94. The van der Waals surface area contributed by atoms with Crippen LogP contribution in [-0.2, 0) is 4.79 Å². The molecule has 1 aliphatic carbocycles. The zero-order chi connectivity index (χ0) is 20.4. The second-order valence-corrected chi connectivity index (χ2v) is 10.1. The number of ketones is 1. The maximum Gasteiger partial charge on any atom is 0.253 e. The predicted molar refractivity (Wildman–Crippen MR) is 117 cm³/mol. The number of hydrogen-bond donors (Lipinski definition) is 0. The van der Waals surface area contributed by atoms with E-state index in [1.807, 2.05) is 12.1 Å². The van der Waals surface area contributed by atoms with E-state index < -0.39 is 0 Å². The van der Waals surface area contributed by atoms with Crippen molar-refractivity contribution in [2.45, 2.75) is 58.8 Å². The summed E-state index contributed by atoms with van der Waals surface area (Å²) in [5.41, 5.74) is 1.99. The number of benzene rings is 1. The molecule has 0 unspecified atom stereocenters. The molecule has 4 aliphatic rings. The predicted octanol–water partition coefficient (Wildman–Crippen LogP) is 4.78. The normalized spacial score (nSPS) is 26.8. The van der Waals surface area contributed by atoms with Gasteiger partial charge in [-0.15, -0.1) is 0 Å². The van der Waals surface area contributed by atoms with Crippen LogP contribution in [0.15, 0.2) is 24.3 Å². The SMILES string of the molecule is CC(C)CC(=O)C[C@@H]1CCN(c2ccc(C(=O)N3CC4CCC(CC4)C3)cc2)C1. The van der Waals surface area contributed by atoms with Crippen LogP contribution < -0.4 is 4.90 Å². The number of fused-ring (bicyclic) bond motifs is 4. The van der Waals surface area contributed by atoms with Crippen LogP contribution in [0.2, 0.25) is 0 Å². The van der Waals surface area contributed by atoms with Crippen molar-refractivity contribution in [3.05, 3.63) is 29.8 Å². The van der Waals surface area contributed by atoms with E-state index in [0.29, 0.717) is 42.3 Å². The third kappa shape index (κ3) is 5.02. The Balaban J connectivity index is 1.33. The quantitative estimate of drug-likeness (QED) is 0.695. The van der Waals surface area contributed by atoms with Crippen molar-refractivity contribution in [2.24, 2.45) is 23.7 Å². The first-order valence-corrected chi connectivity index (χ1v) is 11.6. The largest absolute Gasteiger partial charge is 0.371 e. The van der Waals surface area contributed by atoms with Gasteiger partial charge in [-0.25, -0.2) is 0 Å². The standard InChI is InChI=1S/C25H36N2O2/c1-18(2)13-24(28)14-21-11-12-26(17-21)23-9-7-22(8-10-23)25(29)27-15-19-3-4-20(16-27)6-5-19/h7-10,18-21H,3-6,11-17H2,1-2H3/t19?,20?,21-/m0/s1. The lowest BCUT2D eigenvalue weighted by Crippen LogP contribution is -2.34. The average molecular weight is 397 g/mol. The first kappa shape index (κ1) is 20.4. The number of anilines is 1. The number of Topliss-reactive ketones (excluding diaryl/α,β-unsaturated/α-hetero) is 1. The van der Waals surface area contributed by atoms with E-state index in [2.05, 4.69) is 35.8 Å². The van der Waals surface area contributed by atoms with Crippen LogP contribution in [0.4, 0.5) is 5.69 Å². The minimum Gasteiger partial charge on any atom is -0.371 e. The van der Waals surface area contributed by atoms with E-state index in [1.165, 1.54) is 31.4 Å². The zero-order valence-corrected chi connectivity index (χ0v) is 18.1. The lowest BCUT2D eigenvalue weighted by molar-refractivity contribution is -0.120. The highest BCUT2D eigenvalue weighted by Crippen LogP contribution is 2.34. The van der Waals surface area contributed by atoms with E-state index in [0.717, 1.165) is 38.2 Å². The smallest absolute Gasteiger partial charge is 0.253 e. The highest BCUT2D eigenvalue weighted by Gasteiger charge is 2.32. The third-order valence-corrected chi connectivity index (χ3v) is 7.13. The molecule has 3 heterocycles. The van der Waals surface area contributed by atoms with Gasteiger partial charge in [-0.05, 0) is 80.0 Å². The van der Waals surface area contributed by atoms with Crippen molar-refractivity contribution in [2.75, 3.05) is 31.1 Å². The summed E-state index contributed by atoms with van der Waals surface area (Å²) < 4.78 is 0. The molecule has 2 bridgehead atoms. The van der Waals surface area contributed by atoms with Crippen molar-refractivity contribution >= 4 is 17.4 Å². The number of rotatable bonds is 6. The van der Waals surface area contributed by atoms with Gasteiger partial charge in [-0.2, -0.15) is 0 Å². The van der Waals surface area contributed by atoms with E-state index in [4.69, 9.17) is 0 Å². The van der Waals surface area contributed by atoms with E-state index in [-0.39, 0.29) is 5.91 Å². The second kappa shape index (κ2) is 8.89. The molecule has 4 nitrogen and oxygen atoms in total. The molecule has 4 heteroatoms. The fourth-order valence-corrected chi connectivity index (χ4v) is 5.55. The van der Waals surface area contributed by atoms with E-state index in [1.54, 1.807) is 0 Å². The van der Waals surface area contributed by atoms with Crippen LogP contribution in [0.5, 0.6) is 0 Å². The lowest BCUT2D eigenvalue weighted by Gasteiger charge is -2.23. The molecule has 1 atom stereocenters. The molecule has 158 valence electrons. The number of nitrogens with zero attached hydrogens (tertiary/aromatic N) is 2. The van der Waals surface area contributed by atoms with Gasteiger partial charge >= 0.3 is 0 Å². The third-order valence-electron chi connectivity index (χ3n) is 7.13. The number of amides is 1. The zero-order valence-electron chi connectivity index (χ0n) is 18.1. The average Bonchev–Trinajstić information content (AvgIpc) is 2.94. The summed E-state index contributed by atoms with van der Waals surface area (Å²) in [5.74, 6) is 2.93. The molecule has 3 aliphatic heterocycles. The minimum atomic E-state index is 0.203. The Morgan fingerprint density at radius 1 is 0.931 bits per heavy atom. The van der Waals surface area contributed by atoms with Gasteiger partial charge in [-0.1, -0.05) is 13.8 Å². The Morgan fingerprint density at radius 2 is 1.55 bits per heavy atom. The lowest BCUT2D eigenvalue weighted by atomic mass is 9.84. The number of carbonyl (C=O) groups is 2. The summed E-state index contributed by atoms with van der Waals surface area (Å²) in [7, 11) is 0. The molecule has 29 heavy (non-hydrogen) atoms. The van der Waals surface area contributed by atoms with Crippen molar-refractivity contribution in [3.63, 3.8) is 0 Å². The van der Waals surface area contributed by atoms with Gasteiger partial charge in [0.05, 0.1) is 0 Å². The summed E-state index contributed by atoms with van der Waals surface area (Å²) >= 11 is 0. The Morgan fingerprint density at radius 3 is 2.14 bits per heavy atom. The molecule has 0 spiro atoms. The molecule has 4 fully saturated rings. The molecule has 1 aromatic rings. The summed E-state index contributed by atoms with van der Waals surface area (Å²) in [5, 5.41) is 0. The highest BCUT2D eigenvalue weighted by atomic mass is 16.2. The summed E-state index contributed by atoms with van der Waals surface area (Å²) in [6, 6.07) is 8.19. The van der Waals surface area contributed by atoms with E-state index in [9.17, 15) is 9.59 Å². The van der Waals surface area contributed by atoms with Gasteiger partial charge in [0.1, 0.15) is 5.78 Å². The van der Waals surface area contributed by atoms with Crippen LogP contribution in [0.1, 0.15) is 69.2 Å². The van der Waals surface area contributed by atoms with E-state index >= 15 is 0 Å². The molecular formula is C25H36N2O2. The Labute approximate surface area is 175 Å². The molecule has 1 aromatic carbocycles. The summed E-state index contributed by atoms with van der Waals surface area (Å²) in [6.07, 6.45) is 7.67. The summed E-state index contributed by atoms with van der Waals surface area (Å²) in [6.45, 7) is 8.05. The van der Waals surface area contributed by atoms with Crippen molar-refractivity contribution in [3.8, 4) is 0 Å². The molecule has 0 N–H and O–H groups in total. The van der Waals surface area contributed by atoms with Gasteiger partial charge in [0, 0.05) is 50.3 Å². The molecule has 5 rings (SSSR count). The van der Waals surface area contributed by atoms with Crippen LogP contribution in [0.3, 0.4) is 0 Å². The first-order chi connectivity index (χ1) is 14.0. The van der Waals surface area contributed by atoms with Gasteiger partial charge in [0.25, 0.3) is 5.91 Å². The maximum absolute atomic E-state index is 13.0. The molecule has 0 radical (unpaired) electrons. The van der Waals surface area contributed by atoms with Gasteiger partial charge in [-0.3, -0.25) is 9.59 Å². The maximum atomic E-state index is 13.0. The fourth-order valence-electron chi connectivity index (χ4n) is 5.55. The summed E-state index contributed by atoms with van der Waals surface area (Å²) in [4.78, 5) is 29.7. The Kier molecular flexibility index (Phi) is 6.26. The topological polar surface area (TPSA) is 40.6 Å². The second-order valence-electron chi connectivity index (χ2n) is 10.1. The Bertz CT molecular complexity index is 705. The molecule has 1 saturated carbocycles. The van der Waals surface area contributed by atoms with Gasteiger partial charge < -0.3 is 9.80 Å². The fraction of sp³-hybridized carbons (Fsp3) is 0.680. The van der Waals surface area contributed by atoms with Crippen LogP contribution >= 0.6 is 0 Å². The Hall–Kier alpha value is -1.84. The van der Waals surface area contributed by atoms with Crippen molar-refractivity contribution < 1.29 is 9.59 Å². The van der Waals surface area contributed by atoms with Crippen LogP contribution in [0, 0.1) is 23.7 Å². The monoisotopic (exact) mass is 396 g/mol. The molecular weight excluding hydrogens is 360 g/mol. The molecule has 1 amide bonds. The first-order valence-electron chi connectivity index (χ1n) is 11.6. The van der Waals surface area contributed by atoms with Crippen molar-refractivity contribution in [1.29, 1.82) is 0 Å². The van der Waals surface area contributed by atoms with Crippen molar-refractivity contribution in [1.82, 2.24) is 4.90 Å². The minimum absolute atomic E-state index is 0.203.